The molecule has 1 heterocycles. The van der Waals surface area contributed by atoms with Crippen LogP contribution in [0.25, 0.3) is 10.9 Å². The Labute approximate surface area is 198 Å². The predicted molar refractivity (Wildman–Crippen MR) is 137 cm³/mol. The van der Waals surface area contributed by atoms with Crippen molar-refractivity contribution in [2.45, 2.75) is 6.92 Å². The number of carbonyl (C=O) groups excluding carboxylic acids is 1. The monoisotopic (exact) mass is 445 g/mol. The van der Waals surface area contributed by atoms with E-state index in [-0.39, 0.29) is 5.91 Å². The van der Waals surface area contributed by atoms with E-state index < -0.39 is 0 Å². The number of aryl methyl sites for hydroxylation is 1. The van der Waals surface area contributed by atoms with Crippen molar-refractivity contribution in [2.75, 3.05) is 10.6 Å². The van der Waals surface area contributed by atoms with Gasteiger partial charge in [0.05, 0.1) is 5.52 Å². The van der Waals surface area contributed by atoms with Crippen LogP contribution in [0.4, 0.5) is 17.1 Å². The van der Waals surface area contributed by atoms with Gasteiger partial charge in [-0.05, 0) is 79.2 Å². The highest BCUT2D eigenvalue weighted by atomic mass is 16.5. The fourth-order valence-electron chi connectivity index (χ4n) is 3.73. The van der Waals surface area contributed by atoms with Crippen molar-refractivity contribution in [1.82, 2.24) is 4.98 Å². The SMILES string of the molecule is Cc1cccc2c(Nc3ccc(C(=O)Nc4ccc(Oc5ccccc5)cc4)cc3)ccnc12. The summed E-state index contributed by atoms with van der Waals surface area (Å²) in [5, 5.41) is 7.42. The minimum Gasteiger partial charge on any atom is -0.457 e. The number of fused-ring (bicyclic) bond motifs is 1. The normalized spacial score (nSPS) is 10.6. The highest BCUT2D eigenvalue weighted by Gasteiger charge is 2.08. The van der Waals surface area contributed by atoms with Gasteiger partial charge in [0.15, 0.2) is 0 Å². The van der Waals surface area contributed by atoms with Crippen LogP contribution in [0.1, 0.15) is 15.9 Å². The van der Waals surface area contributed by atoms with Crippen LogP contribution in [0.15, 0.2) is 109 Å². The van der Waals surface area contributed by atoms with Crippen molar-refractivity contribution in [3.63, 3.8) is 0 Å². The number of pyridine rings is 1. The zero-order valence-corrected chi connectivity index (χ0v) is 18.7. The Morgan fingerprint density at radius 3 is 2.21 bits per heavy atom. The minimum absolute atomic E-state index is 0.173. The molecule has 1 amide bonds. The molecule has 0 aliphatic heterocycles. The maximum absolute atomic E-state index is 12.7. The summed E-state index contributed by atoms with van der Waals surface area (Å²) in [4.78, 5) is 17.2. The molecule has 0 bridgehead atoms. The largest absolute Gasteiger partial charge is 0.457 e. The number of hydrogen-bond donors (Lipinski definition) is 2. The smallest absolute Gasteiger partial charge is 0.255 e. The van der Waals surface area contributed by atoms with Crippen molar-refractivity contribution in [3.8, 4) is 11.5 Å². The van der Waals surface area contributed by atoms with Gasteiger partial charge in [-0.15, -0.1) is 0 Å². The third kappa shape index (κ3) is 4.74. The Hall–Kier alpha value is -4.64. The van der Waals surface area contributed by atoms with Crippen LogP contribution in [-0.2, 0) is 0 Å². The molecule has 5 nitrogen and oxygen atoms in total. The highest BCUT2D eigenvalue weighted by Crippen LogP contribution is 2.27. The summed E-state index contributed by atoms with van der Waals surface area (Å²) in [6, 6.07) is 32.4. The van der Waals surface area contributed by atoms with Crippen molar-refractivity contribution in [1.29, 1.82) is 0 Å². The number of nitrogens with zero attached hydrogens (tertiary/aromatic N) is 1. The number of hydrogen-bond acceptors (Lipinski definition) is 4. The summed E-state index contributed by atoms with van der Waals surface area (Å²) >= 11 is 0. The third-order valence-electron chi connectivity index (χ3n) is 5.49. The Morgan fingerprint density at radius 2 is 1.44 bits per heavy atom. The Morgan fingerprint density at radius 1 is 0.735 bits per heavy atom. The quantitative estimate of drug-likeness (QED) is 0.287. The first-order valence-corrected chi connectivity index (χ1v) is 11.0. The second-order valence-corrected chi connectivity index (χ2v) is 7.93. The van der Waals surface area contributed by atoms with Crippen molar-refractivity contribution < 1.29 is 9.53 Å². The third-order valence-corrected chi connectivity index (χ3v) is 5.49. The lowest BCUT2D eigenvalue weighted by Gasteiger charge is -2.11. The first kappa shape index (κ1) is 21.2. The number of anilines is 3. The molecule has 5 rings (SSSR count). The minimum atomic E-state index is -0.173. The van der Waals surface area contributed by atoms with E-state index in [9.17, 15) is 4.79 Å². The van der Waals surface area contributed by atoms with Gasteiger partial charge in [-0.2, -0.15) is 0 Å². The summed E-state index contributed by atoms with van der Waals surface area (Å²) in [5.74, 6) is 1.30. The number of ether oxygens (including phenoxy) is 1. The number of amides is 1. The van der Waals surface area contributed by atoms with Gasteiger partial charge in [-0.1, -0.05) is 36.4 Å². The highest BCUT2D eigenvalue weighted by molar-refractivity contribution is 6.04. The standard InChI is InChI=1S/C29H23N3O2/c1-20-6-5-9-26-27(18-19-30-28(20)26)31-22-12-10-21(11-13-22)29(33)32-23-14-16-25(17-15-23)34-24-7-3-2-4-8-24/h2-19H,1H3,(H,30,31)(H,32,33). The number of aromatic nitrogens is 1. The lowest BCUT2D eigenvalue weighted by Crippen LogP contribution is -2.11. The fraction of sp³-hybridized carbons (Fsp3) is 0.0345. The van der Waals surface area contributed by atoms with Gasteiger partial charge in [0.1, 0.15) is 11.5 Å². The molecule has 34 heavy (non-hydrogen) atoms. The lowest BCUT2D eigenvalue weighted by atomic mass is 10.1. The number of nitrogens with one attached hydrogen (secondary N) is 2. The average molecular weight is 446 g/mol. The van der Waals surface area contributed by atoms with E-state index in [4.69, 9.17) is 4.74 Å². The molecule has 5 aromatic rings. The van der Waals surface area contributed by atoms with E-state index in [2.05, 4.69) is 34.7 Å². The molecule has 0 aliphatic carbocycles. The van der Waals surface area contributed by atoms with Crippen LogP contribution < -0.4 is 15.4 Å². The second-order valence-electron chi connectivity index (χ2n) is 7.93. The number of rotatable bonds is 6. The van der Waals surface area contributed by atoms with Crippen molar-refractivity contribution >= 4 is 33.9 Å². The summed E-state index contributed by atoms with van der Waals surface area (Å²) in [6.45, 7) is 2.05. The van der Waals surface area contributed by atoms with Crippen LogP contribution in [0.3, 0.4) is 0 Å². The Kier molecular flexibility index (Phi) is 5.91. The number of para-hydroxylation sites is 2. The van der Waals surface area contributed by atoms with Gasteiger partial charge in [-0.25, -0.2) is 0 Å². The lowest BCUT2D eigenvalue weighted by molar-refractivity contribution is 0.102. The van der Waals surface area contributed by atoms with Gasteiger partial charge < -0.3 is 15.4 Å². The maximum atomic E-state index is 12.7. The van der Waals surface area contributed by atoms with Crippen LogP contribution in [0.5, 0.6) is 11.5 Å². The Balaban J connectivity index is 1.24. The van der Waals surface area contributed by atoms with E-state index in [1.807, 2.05) is 78.9 Å². The van der Waals surface area contributed by atoms with Crippen molar-refractivity contribution in [3.05, 3.63) is 120 Å². The van der Waals surface area contributed by atoms with E-state index in [1.165, 1.54) is 0 Å². The molecule has 0 saturated heterocycles. The van der Waals surface area contributed by atoms with Gasteiger partial charge in [0.2, 0.25) is 0 Å². The average Bonchev–Trinajstić information content (AvgIpc) is 2.87. The number of benzene rings is 4. The first-order valence-electron chi connectivity index (χ1n) is 11.0. The Bertz CT molecular complexity index is 1430. The van der Waals surface area contributed by atoms with E-state index >= 15 is 0 Å². The van der Waals surface area contributed by atoms with E-state index in [1.54, 1.807) is 18.3 Å². The zero-order valence-electron chi connectivity index (χ0n) is 18.7. The van der Waals surface area contributed by atoms with Crippen LogP contribution in [0.2, 0.25) is 0 Å². The van der Waals surface area contributed by atoms with E-state index in [0.29, 0.717) is 17.0 Å². The van der Waals surface area contributed by atoms with Gasteiger partial charge in [-0.3, -0.25) is 9.78 Å². The summed E-state index contributed by atoms with van der Waals surface area (Å²) in [6.07, 6.45) is 1.80. The molecule has 166 valence electrons. The zero-order chi connectivity index (χ0) is 23.3. The van der Waals surface area contributed by atoms with Crippen molar-refractivity contribution in [2.24, 2.45) is 0 Å². The molecule has 0 unspecified atom stereocenters. The summed E-state index contributed by atoms with van der Waals surface area (Å²) in [7, 11) is 0. The maximum Gasteiger partial charge on any atom is 0.255 e. The molecule has 0 aliphatic rings. The molecular weight excluding hydrogens is 422 g/mol. The summed E-state index contributed by atoms with van der Waals surface area (Å²) in [5.41, 5.74) is 5.25. The molecule has 1 aromatic heterocycles. The first-order chi connectivity index (χ1) is 16.7. The second kappa shape index (κ2) is 9.46. The molecule has 0 spiro atoms. The molecule has 0 radical (unpaired) electrons. The van der Waals surface area contributed by atoms with Crippen LogP contribution >= 0.6 is 0 Å². The molecular formula is C29H23N3O2. The van der Waals surface area contributed by atoms with Gasteiger partial charge in [0, 0.05) is 34.2 Å². The molecule has 2 N–H and O–H groups in total. The van der Waals surface area contributed by atoms with Gasteiger partial charge in [0.25, 0.3) is 5.91 Å². The molecule has 0 saturated carbocycles. The van der Waals surface area contributed by atoms with E-state index in [0.717, 1.165) is 33.6 Å². The summed E-state index contributed by atoms with van der Waals surface area (Å²) < 4.78 is 5.79. The molecule has 0 atom stereocenters. The van der Waals surface area contributed by atoms with Crippen LogP contribution in [0, 0.1) is 6.92 Å². The van der Waals surface area contributed by atoms with Gasteiger partial charge >= 0.3 is 0 Å². The molecule has 5 heteroatoms. The topological polar surface area (TPSA) is 63.2 Å². The fourth-order valence-corrected chi connectivity index (χ4v) is 3.73. The van der Waals surface area contributed by atoms with Crippen LogP contribution in [-0.4, -0.2) is 10.9 Å². The molecule has 4 aromatic carbocycles. The number of carbonyl (C=O) groups is 1. The predicted octanol–water partition coefficient (Wildman–Crippen LogP) is 7.33. The molecule has 0 fully saturated rings.